The largest absolute Gasteiger partial charge is 0.497 e. The number of amides is 2. The molecule has 1 fully saturated rings. The molecule has 0 saturated heterocycles. The maximum absolute atomic E-state index is 14.5. The van der Waals surface area contributed by atoms with Crippen molar-refractivity contribution in [2.24, 2.45) is 0 Å². The average Bonchev–Trinajstić information content (AvgIpc) is 3.62. The molecule has 9 nitrogen and oxygen atoms in total. The minimum atomic E-state index is -1.02. The van der Waals surface area contributed by atoms with Gasteiger partial charge in [-0.05, 0) is 68.1 Å². The summed E-state index contributed by atoms with van der Waals surface area (Å²) in [6, 6.07) is 17.7. The molecule has 1 unspecified atom stereocenters. The van der Waals surface area contributed by atoms with Crippen LogP contribution in [-0.4, -0.2) is 47.1 Å². The number of rotatable bonds is 9. The molecule has 1 atom stereocenters. The first kappa shape index (κ1) is 27.2. The molecule has 1 heterocycles. The van der Waals surface area contributed by atoms with Crippen molar-refractivity contribution in [1.82, 2.24) is 20.3 Å². The van der Waals surface area contributed by atoms with E-state index in [2.05, 4.69) is 15.6 Å². The van der Waals surface area contributed by atoms with Crippen LogP contribution in [0.4, 0.5) is 5.69 Å². The lowest BCUT2D eigenvalue weighted by Gasteiger charge is -2.35. The molecule has 1 aliphatic carbocycles. The lowest BCUT2D eigenvalue weighted by Crippen LogP contribution is -2.48. The third kappa shape index (κ3) is 5.36. The summed E-state index contributed by atoms with van der Waals surface area (Å²) in [4.78, 5) is 30.3. The quantitative estimate of drug-likeness (QED) is 0.324. The van der Waals surface area contributed by atoms with Crippen LogP contribution in [0.15, 0.2) is 60.7 Å². The number of para-hydroxylation sites is 2. The summed E-state index contributed by atoms with van der Waals surface area (Å²) in [5, 5.41) is 11.7. The number of benzene rings is 3. The molecule has 5 rings (SSSR count). The van der Waals surface area contributed by atoms with Crippen LogP contribution in [0.5, 0.6) is 11.5 Å². The first-order valence-electron chi connectivity index (χ1n) is 13.6. The highest BCUT2D eigenvalue weighted by atomic mass is 16.5. The summed E-state index contributed by atoms with van der Waals surface area (Å²) in [7, 11) is 3.13. The number of methoxy groups -OCH3 is 2. The fourth-order valence-corrected chi connectivity index (χ4v) is 5.62. The van der Waals surface area contributed by atoms with Crippen molar-refractivity contribution in [3.63, 3.8) is 0 Å². The second-order valence-electron chi connectivity index (χ2n) is 10.2. The van der Waals surface area contributed by atoms with E-state index in [1.807, 2.05) is 56.3 Å². The number of aromatic nitrogens is 3. The van der Waals surface area contributed by atoms with Crippen molar-refractivity contribution in [3.8, 4) is 11.5 Å². The van der Waals surface area contributed by atoms with Crippen molar-refractivity contribution in [3.05, 3.63) is 77.4 Å². The van der Waals surface area contributed by atoms with Crippen LogP contribution in [0.25, 0.3) is 11.0 Å². The molecule has 1 N–H and O–H groups in total. The summed E-state index contributed by atoms with van der Waals surface area (Å²) in [6.07, 6.45) is 3.96. The van der Waals surface area contributed by atoms with Gasteiger partial charge in [0.15, 0.2) is 0 Å². The molecule has 208 valence electrons. The van der Waals surface area contributed by atoms with E-state index in [0.29, 0.717) is 28.3 Å². The van der Waals surface area contributed by atoms with Crippen molar-refractivity contribution < 1.29 is 19.1 Å². The zero-order valence-corrected chi connectivity index (χ0v) is 23.4. The first-order valence-corrected chi connectivity index (χ1v) is 13.6. The monoisotopic (exact) mass is 541 g/mol. The Morgan fingerprint density at radius 2 is 1.73 bits per heavy atom. The number of hydrogen-bond acceptors (Lipinski definition) is 6. The lowest BCUT2D eigenvalue weighted by molar-refractivity contribution is -0.127. The van der Waals surface area contributed by atoms with Gasteiger partial charge >= 0.3 is 0 Å². The Bertz CT molecular complexity index is 1510. The van der Waals surface area contributed by atoms with Crippen molar-refractivity contribution >= 4 is 28.5 Å². The second-order valence-corrected chi connectivity index (χ2v) is 10.2. The van der Waals surface area contributed by atoms with Crippen LogP contribution in [-0.2, 0) is 16.1 Å². The Kier molecular flexibility index (Phi) is 8.00. The predicted molar refractivity (Wildman–Crippen MR) is 154 cm³/mol. The van der Waals surface area contributed by atoms with E-state index in [9.17, 15) is 9.59 Å². The Hall–Kier alpha value is -4.40. The molecule has 0 radical (unpaired) electrons. The second kappa shape index (κ2) is 11.8. The van der Waals surface area contributed by atoms with Gasteiger partial charge in [-0.1, -0.05) is 48.4 Å². The van der Waals surface area contributed by atoms with Gasteiger partial charge in [0.05, 0.1) is 25.4 Å². The topological polar surface area (TPSA) is 98.6 Å². The molecular weight excluding hydrogens is 506 g/mol. The summed E-state index contributed by atoms with van der Waals surface area (Å²) >= 11 is 0. The number of ether oxygens (including phenoxy) is 2. The van der Waals surface area contributed by atoms with Crippen molar-refractivity contribution in [2.75, 3.05) is 19.1 Å². The molecule has 3 aromatic carbocycles. The number of hydrogen-bond donors (Lipinski definition) is 1. The SMILES string of the molecule is COc1ccc(OC)c(C(C(=O)NC2CCCC2)N(C(=O)Cn2nnc3ccccc32)c2c(C)cccc2C)c1. The highest BCUT2D eigenvalue weighted by Crippen LogP contribution is 2.39. The van der Waals surface area contributed by atoms with Crippen LogP contribution in [0, 0.1) is 13.8 Å². The van der Waals surface area contributed by atoms with Crippen LogP contribution in [0.1, 0.15) is 48.4 Å². The van der Waals surface area contributed by atoms with E-state index in [1.165, 1.54) is 0 Å². The molecule has 1 aromatic heterocycles. The molecule has 1 aliphatic rings. The van der Waals surface area contributed by atoms with E-state index in [1.54, 1.807) is 42.0 Å². The summed E-state index contributed by atoms with van der Waals surface area (Å²) < 4.78 is 12.8. The van der Waals surface area contributed by atoms with Gasteiger partial charge in [0.2, 0.25) is 11.8 Å². The van der Waals surface area contributed by atoms with Crippen molar-refractivity contribution in [1.29, 1.82) is 0 Å². The summed E-state index contributed by atoms with van der Waals surface area (Å²) in [5.74, 6) is 0.482. The molecule has 0 spiro atoms. The lowest BCUT2D eigenvalue weighted by atomic mass is 9.98. The van der Waals surface area contributed by atoms with Gasteiger partial charge in [-0.25, -0.2) is 4.68 Å². The zero-order chi connectivity index (χ0) is 28.2. The van der Waals surface area contributed by atoms with E-state index in [-0.39, 0.29) is 24.4 Å². The van der Waals surface area contributed by atoms with Crippen LogP contribution >= 0.6 is 0 Å². The number of nitrogens with zero attached hydrogens (tertiary/aromatic N) is 4. The maximum Gasteiger partial charge on any atom is 0.249 e. The Morgan fingerprint density at radius 3 is 2.42 bits per heavy atom. The molecule has 4 aromatic rings. The third-order valence-electron chi connectivity index (χ3n) is 7.59. The van der Waals surface area contributed by atoms with Gasteiger partial charge in [-0.2, -0.15) is 0 Å². The fraction of sp³-hybridized carbons (Fsp3) is 0.355. The van der Waals surface area contributed by atoms with Gasteiger partial charge < -0.3 is 14.8 Å². The molecule has 9 heteroatoms. The van der Waals surface area contributed by atoms with Gasteiger partial charge in [0.1, 0.15) is 29.6 Å². The normalized spacial score (nSPS) is 14.2. The average molecular weight is 542 g/mol. The predicted octanol–water partition coefficient (Wildman–Crippen LogP) is 4.90. The van der Waals surface area contributed by atoms with E-state index in [4.69, 9.17) is 9.47 Å². The highest BCUT2D eigenvalue weighted by molar-refractivity contribution is 6.03. The van der Waals surface area contributed by atoms with Gasteiger partial charge in [0.25, 0.3) is 0 Å². The van der Waals surface area contributed by atoms with E-state index < -0.39 is 6.04 Å². The number of aryl methyl sites for hydroxylation is 2. The Balaban J connectivity index is 1.68. The van der Waals surface area contributed by atoms with Gasteiger partial charge in [0, 0.05) is 11.6 Å². The molecular formula is C31H35N5O4. The van der Waals surface area contributed by atoms with E-state index >= 15 is 0 Å². The fourth-order valence-electron chi connectivity index (χ4n) is 5.62. The third-order valence-corrected chi connectivity index (χ3v) is 7.59. The molecule has 1 saturated carbocycles. The number of fused-ring (bicyclic) bond motifs is 1. The summed E-state index contributed by atoms with van der Waals surface area (Å²) in [5.41, 5.74) is 4.39. The molecule has 0 aliphatic heterocycles. The van der Waals surface area contributed by atoms with Crippen LogP contribution < -0.4 is 19.7 Å². The standard InChI is InChI=1S/C31H35N5O4/c1-20-10-9-11-21(2)29(20)36(28(37)19-35-26-15-8-7-14-25(26)33-34-35)30(31(38)32-22-12-5-6-13-22)24-18-23(39-3)16-17-27(24)40-4/h7-11,14-18,22,30H,5-6,12-13,19H2,1-4H3,(H,32,38). The number of carbonyl (C=O) groups is 2. The number of nitrogens with one attached hydrogen (secondary N) is 1. The molecule has 40 heavy (non-hydrogen) atoms. The molecule has 0 bridgehead atoms. The minimum Gasteiger partial charge on any atom is -0.497 e. The Labute approximate surface area is 234 Å². The number of anilines is 1. The number of carbonyl (C=O) groups excluding carboxylic acids is 2. The van der Waals surface area contributed by atoms with Crippen LogP contribution in [0.2, 0.25) is 0 Å². The van der Waals surface area contributed by atoms with Gasteiger partial charge in [-0.15, -0.1) is 5.10 Å². The molecule has 2 amide bonds. The van der Waals surface area contributed by atoms with E-state index in [0.717, 1.165) is 42.3 Å². The maximum atomic E-state index is 14.5. The Morgan fingerprint density at radius 1 is 1.00 bits per heavy atom. The zero-order valence-electron chi connectivity index (χ0n) is 23.4. The minimum absolute atomic E-state index is 0.0563. The smallest absolute Gasteiger partial charge is 0.249 e. The van der Waals surface area contributed by atoms with Crippen molar-refractivity contribution in [2.45, 2.75) is 58.2 Å². The summed E-state index contributed by atoms with van der Waals surface area (Å²) in [6.45, 7) is 3.79. The highest BCUT2D eigenvalue weighted by Gasteiger charge is 2.38. The van der Waals surface area contributed by atoms with Crippen LogP contribution in [0.3, 0.4) is 0 Å². The van der Waals surface area contributed by atoms with Gasteiger partial charge in [-0.3, -0.25) is 14.5 Å². The first-order chi connectivity index (χ1) is 19.4.